The molecule has 1 N–H and O–H groups in total. The molecule has 1 nitrogen and oxygen atoms in total. The van der Waals surface area contributed by atoms with Gasteiger partial charge in [0.15, 0.2) is 0 Å². The van der Waals surface area contributed by atoms with Gasteiger partial charge in [0, 0.05) is 5.41 Å². The summed E-state index contributed by atoms with van der Waals surface area (Å²) in [4.78, 5) is 0. The standard InChI is InChI=1S/C10H18O/c1-8-4-6-10(3,7-5-8)9(2)11/h8,11H,2,4-7H2,1,3H3. The Bertz CT molecular complexity index is 152. The van der Waals surface area contributed by atoms with Crippen LogP contribution in [0.15, 0.2) is 12.3 Å². The molecule has 1 heteroatoms. The van der Waals surface area contributed by atoms with Crippen LogP contribution in [0.3, 0.4) is 0 Å². The Hall–Kier alpha value is -0.460. The first kappa shape index (κ1) is 8.63. The summed E-state index contributed by atoms with van der Waals surface area (Å²) in [5.41, 5.74) is 0.0203. The molecule has 0 aromatic carbocycles. The molecule has 1 fully saturated rings. The summed E-state index contributed by atoms with van der Waals surface area (Å²) in [6.07, 6.45) is 4.67. The van der Waals surface area contributed by atoms with E-state index in [0.717, 1.165) is 18.8 Å². The van der Waals surface area contributed by atoms with Gasteiger partial charge in [-0.25, -0.2) is 0 Å². The fourth-order valence-corrected chi connectivity index (χ4v) is 1.69. The van der Waals surface area contributed by atoms with Crippen LogP contribution in [-0.2, 0) is 0 Å². The van der Waals surface area contributed by atoms with Crippen LogP contribution in [0.2, 0.25) is 0 Å². The minimum absolute atomic E-state index is 0.0203. The zero-order valence-corrected chi connectivity index (χ0v) is 7.56. The van der Waals surface area contributed by atoms with Gasteiger partial charge in [-0.15, -0.1) is 0 Å². The SMILES string of the molecule is C=C(O)C1(C)CCC(C)CC1. The Morgan fingerprint density at radius 2 is 1.91 bits per heavy atom. The van der Waals surface area contributed by atoms with Crippen LogP contribution < -0.4 is 0 Å². The number of aliphatic hydroxyl groups is 1. The molecule has 0 saturated heterocycles. The lowest BCUT2D eigenvalue weighted by atomic mass is 9.71. The van der Waals surface area contributed by atoms with Crippen molar-refractivity contribution in [3.63, 3.8) is 0 Å². The third-order valence-electron chi connectivity index (χ3n) is 3.07. The highest BCUT2D eigenvalue weighted by molar-refractivity contribution is 5.01. The molecule has 1 aliphatic rings. The smallest absolute Gasteiger partial charge is 0.0909 e. The van der Waals surface area contributed by atoms with Crippen molar-refractivity contribution in [2.75, 3.05) is 0 Å². The van der Waals surface area contributed by atoms with Gasteiger partial charge in [0.25, 0.3) is 0 Å². The van der Waals surface area contributed by atoms with E-state index in [1.165, 1.54) is 12.8 Å². The summed E-state index contributed by atoms with van der Waals surface area (Å²) in [6.45, 7) is 8.02. The van der Waals surface area contributed by atoms with E-state index >= 15 is 0 Å². The second-order valence-electron chi connectivity index (χ2n) is 4.19. The third kappa shape index (κ3) is 1.76. The van der Waals surface area contributed by atoms with Crippen LogP contribution >= 0.6 is 0 Å². The number of hydrogen-bond acceptors (Lipinski definition) is 1. The summed E-state index contributed by atoms with van der Waals surface area (Å²) in [5.74, 6) is 1.21. The number of allylic oxidation sites excluding steroid dienone is 1. The first-order valence-corrected chi connectivity index (χ1v) is 4.43. The van der Waals surface area contributed by atoms with Gasteiger partial charge in [0.2, 0.25) is 0 Å². The lowest BCUT2D eigenvalue weighted by molar-refractivity contribution is 0.153. The average molecular weight is 154 g/mol. The maximum Gasteiger partial charge on any atom is 0.0909 e. The predicted molar refractivity (Wildman–Crippen MR) is 47.5 cm³/mol. The van der Waals surface area contributed by atoms with Gasteiger partial charge in [-0.2, -0.15) is 0 Å². The van der Waals surface area contributed by atoms with E-state index in [4.69, 9.17) is 0 Å². The van der Waals surface area contributed by atoms with E-state index in [2.05, 4.69) is 20.4 Å². The highest BCUT2D eigenvalue weighted by Gasteiger charge is 2.31. The summed E-state index contributed by atoms with van der Waals surface area (Å²) < 4.78 is 0. The van der Waals surface area contributed by atoms with E-state index in [1.807, 2.05) is 0 Å². The molecular weight excluding hydrogens is 136 g/mol. The van der Waals surface area contributed by atoms with Crippen molar-refractivity contribution in [1.82, 2.24) is 0 Å². The van der Waals surface area contributed by atoms with Crippen LogP contribution in [0.25, 0.3) is 0 Å². The molecule has 1 aliphatic carbocycles. The number of rotatable bonds is 1. The Morgan fingerprint density at radius 1 is 1.45 bits per heavy atom. The third-order valence-corrected chi connectivity index (χ3v) is 3.07. The van der Waals surface area contributed by atoms with Gasteiger partial charge in [-0.3, -0.25) is 0 Å². The highest BCUT2D eigenvalue weighted by atomic mass is 16.3. The summed E-state index contributed by atoms with van der Waals surface area (Å²) >= 11 is 0. The zero-order chi connectivity index (χ0) is 8.48. The fraction of sp³-hybridized carbons (Fsp3) is 0.800. The molecule has 0 amide bonds. The fourth-order valence-electron chi connectivity index (χ4n) is 1.69. The molecule has 0 aromatic rings. The minimum atomic E-state index is 0.0203. The number of hydrogen-bond donors (Lipinski definition) is 1. The first-order valence-electron chi connectivity index (χ1n) is 4.43. The van der Waals surface area contributed by atoms with Crippen molar-refractivity contribution < 1.29 is 5.11 Å². The molecule has 0 aromatic heterocycles. The van der Waals surface area contributed by atoms with Crippen molar-refractivity contribution in [3.8, 4) is 0 Å². The molecule has 0 heterocycles. The van der Waals surface area contributed by atoms with Crippen LogP contribution in [0.4, 0.5) is 0 Å². The van der Waals surface area contributed by atoms with Gasteiger partial charge in [-0.1, -0.05) is 20.4 Å². The van der Waals surface area contributed by atoms with Crippen LogP contribution in [0.1, 0.15) is 39.5 Å². The summed E-state index contributed by atoms with van der Waals surface area (Å²) in [5, 5.41) is 9.33. The first-order chi connectivity index (χ1) is 5.04. The van der Waals surface area contributed by atoms with Crippen molar-refractivity contribution in [3.05, 3.63) is 12.3 Å². The molecule has 0 aliphatic heterocycles. The van der Waals surface area contributed by atoms with E-state index in [1.54, 1.807) is 0 Å². The molecule has 64 valence electrons. The molecular formula is C10H18O. The zero-order valence-electron chi connectivity index (χ0n) is 7.56. The maximum absolute atomic E-state index is 9.33. The van der Waals surface area contributed by atoms with Gasteiger partial charge in [0.05, 0.1) is 5.76 Å². The Kier molecular flexibility index (Phi) is 2.26. The Morgan fingerprint density at radius 3 is 2.27 bits per heavy atom. The second-order valence-corrected chi connectivity index (χ2v) is 4.19. The largest absolute Gasteiger partial charge is 0.512 e. The van der Waals surface area contributed by atoms with Crippen molar-refractivity contribution in [2.24, 2.45) is 11.3 Å². The number of aliphatic hydroxyl groups excluding tert-OH is 1. The van der Waals surface area contributed by atoms with Gasteiger partial charge in [0.1, 0.15) is 0 Å². The minimum Gasteiger partial charge on any atom is -0.512 e. The molecule has 1 rings (SSSR count). The van der Waals surface area contributed by atoms with E-state index in [9.17, 15) is 5.11 Å². The topological polar surface area (TPSA) is 20.2 Å². The van der Waals surface area contributed by atoms with Crippen molar-refractivity contribution in [2.45, 2.75) is 39.5 Å². The lowest BCUT2D eigenvalue weighted by Crippen LogP contribution is -2.25. The molecule has 11 heavy (non-hydrogen) atoms. The van der Waals surface area contributed by atoms with E-state index in [-0.39, 0.29) is 5.41 Å². The van der Waals surface area contributed by atoms with Crippen LogP contribution in [-0.4, -0.2) is 5.11 Å². The normalized spacial score (nSPS) is 38.5. The second kappa shape index (κ2) is 2.88. The molecule has 0 spiro atoms. The lowest BCUT2D eigenvalue weighted by Gasteiger charge is -2.35. The summed E-state index contributed by atoms with van der Waals surface area (Å²) in [7, 11) is 0. The monoisotopic (exact) mass is 154 g/mol. The Labute approximate surface area is 69.1 Å². The molecule has 0 bridgehead atoms. The van der Waals surface area contributed by atoms with Crippen molar-refractivity contribution >= 4 is 0 Å². The quantitative estimate of drug-likeness (QED) is 0.575. The summed E-state index contributed by atoms with van der Waals surface area (Å²) in [6, 6.07) is 0. The molecule has 1 saturated carbocycles. The average Bonchev–Trinajstić information content (AvgIpc) is 1.95. The Balaban J connectivity index is 2.55. The molecule has 0 radical (unpaired) electrons. The highest BCUT2D eigenvalue weighted by Crippen LogP contribution is 2.42. The maximum atomic E-state index is 9.33. The molecule has 0 atom stereocenters. The van der Waals surface area contributed by atoms with E-state index in [0.29, 0.717) is 5.76 Å². The van der Waals surface area contributed by atoms with Gasteiger partial charge >= 0.3 is 0 Å². The van der Waals surface area contributed by atoms with Gasteiger partial charge < -0.3 is 5.11 Å². The molecule has 0 unspecified atom stereocenters. The van der Waals surface area contributed by atoms with E-state index < -0.39 is 0 Å². The van der Waals surface area contributed by atoms with Gasteiger partial charge in [-0.05, 0) is 31.6 Å². The predicted octanol–water partition coefficient (Wildman–Crippen LogP) is 3.27. The van der Waals surface area contributed by atoms with Crippen molar-refractivity contribution in [1.29, 1.82) is 0 Å². The van der Waals surface area contributed by atoms with Crippen LogP contribution in [0, 0.1) is 11.3 Å². The van der Waals surface area contributed by atoms with Crippen LogP contribution in [0.5, 0.6) is 0 Å².